The fraction of sp³-hybridized carbons (Fsp3) is 0. The van der Waals surface area contributed by atoms with Crippen LogP contribution in [-0.4, -0.2) is 16.0 Å². The van der Waals surface area contributed by atoms with Crippen LogP contribution in [0.25, 0.3) is 0 Å². The summed E-state index contributed by atoms with van der Waals surface area (Å²) in [6.45, 7) is 0. The quantitative estimate of drug-likeness (QED) is 0.660. The number of nitro groups is 1. The maximum Gasteiger partial charge on any atom is 0.335 e. The fourth-order valence-corrected chi connectivity index (χ4v) is 1.62. The SMILES string of the molecule is O=C(O)c1ccc(Nc2cc(F)ccc2[N+](=O)[O-])cc1. The van der Waals surface area contributed by atoms with Crippen molar-refractivity contribution in [3.8, 4) is 0 Å². The van der Waals surface area contributed by atoms with Gasteiger partial charge in [-0.15, -0.1) is 0 Å². The van der Waals surface area contributed by atoms with Crippen LogP contribution in [0.3, 0.4) is 0 Å². The standard InChI is InChI=1S/C13H9FN2O4/c14-9-3-6-12(16(19)20)11(7-9)15-10-4-1-8(2-5-10)13(17)18/h1-7,15H,(H,17,18). The maximum atomic E-state index is 13.1. The molecule has 0 amide bonds. The molecule has 0 saturated heterocycles. The Bertz CT molecular complexity index is 671. The third kappa shape index (κ3) is 2.89. The normalized spacial score (nSPS) is 10.1. The molecule has 0 unspecified atom stereocenters. The molecule has 0 spiro atoms. The Balaban J connectivity index is 2.31. The highest BCUT2D eigenvalue weighted by Gasteiger charge is 2.14. The van der Waals surface area contributed by atoms with Crippen LogP contribution in [0, 0.1) is 15.9 Å². The monoisotopic (exact) mass is 276 g/mol. The first-order valence-electron chi connectivity index (χ1n) is 5.51. The Morgan fingerprint density at radius 3 is 2.40 bits per heavy atom. The number of carbonyl (C=O) groups is 1. The zero-order chi connectivity index (χ0) is 14.7. The zero-order valence-electron chi connectivity index (χ0n) is 10.0. The van der Waals surface area contributed by atoms with Gasteiger partial charge in [0.25, 0.3) is 5.69 Å². The number of hydrogen-bond acceptors (Lipinski definition) is 4. The second-order valence-corrected chi connectivity index (χ2v) is 3.93. The molecule has 0 aliphatic heterocycles. The van der Waals surface area contributed by atoms with Gasteiger partial charge in [0.05, 0.1) is 10.5 Å². The third-order valence-corrected chi connectivity index (χ3v) is 2.57. The van der Waals surface area contributed by atoms with Gasteiger partial charge in [-0.3, -0.25) is 10.1 Å². The molecule has 20 heavy (non-hydrogen) atoms. The number of rotatable bonds is 4. The lowest BCUT2D eigenvalue weighted by Crippen LogP contribution is -1.99. The summed E-state index contributed by atoms with van der Waals surface area (Å²) in [7, 11) is 0. The van der Waals surface area contributed by atoms with Crippen LogP contribution in [0.4, 0.5) is 21.5 Å². The molecule has 0 aliphatic carbocycles. The van der Waals surface area contributed by atoms with Gasteiger partial charge in [-0.05, 0) is 30.3 Å². The Hall–Kier alpha value is -2.96. The van der Waals surface area contributed by atoms with Crippen LogP contribution in [-0.2, 0) is 0 Å². The summed E-state index contributed by atoms with van der Waals surface area (Å²) >= 11 is 0. The molecule has 7 heteroatoms. The molecule has 0 radical (unpaired) electrons. The van der Waals surface area contributed by atoms with E-state index in [0.29, 0.717) is 5.69 Å². The van der Waals surface area contributed by atoms with Crippen molar-refractivity contribution in [2.24, 2.45) is 0 Å². The minimum absolute atomic E-state index is 0.00178. The van der Waals surface area contributed by atoms with E-state index < -0.39 is 16.7 Å². The van der Waals surface area contributed by atoms with E-state index >= 15 is 0 Å². The number of nitrogens with zero attached hydrogens (tertiary/aromatic N) is 1. The Kier molecular flexibility index (Phi) is 3.60. The van der Waals surface area contributed by atoms with E-state index in [0.717, 1.165) is 18.2 Å². The third-order valence-electron chi connectivity index (χ3n) is 2.57. The number of nitro benzene ring substituents is 1. The number of halogens is 1. The van der Waals surface area contributed by atoms with Gasteiger partial charge in [-0.25, -0.2) is 9.18 Å². The second-order valence-electron chi connectivity index (χ2n) is 3.93. The highest BCUT2D eigenvalue weighted by molar-refractivity contribution is 5.88. The number of carboxylic acids is 1. The molecule has 2 N–H and O–H groups in total. The van der Waals surface area contributed by atoms with Crippen LogP contribution in [0.15, 0.2) is 42.5 Å². The minimum atomic E-state index is -1.08. The first-order chi connectivity index (χ1) is 9.47. The molecule has 102 valence electrons. The van der Waals surface area contributed by atoms with Crippen molar-refractivity contribution in [1.82, 2.24) is 0 Å². The molecular formula is C13H9FN2O4. The number of aromatic carboxylic acids is 1. The van der Waals surface area contributed by atoms with Crippen molar-refractivity contribution in [2.75, 3.05) is 5.32 Å². The van der Waals surface area contributed by atoms with E-state index in [1.54, 1.807) is 0 Å². The molecule has 6 nitrogen and oxygen atoms in total. The average molecular weight is 276 g/mol. The second kappa shape index (κ2) is 5.35. The van der Waals surface area contributed by atoms with Gasteiger partial charge >= 0.3 is 5.97 Å². The van der Waals surface area contributed by atoms with Crippen molar-refractivity contribution in [3.05, 3.63) is 64.0 Å². The fourth-order valence-electron chi connectivity index (χ4n) is 1.62. The topological polar surface area (TPSA) is 92.5 Å². The van der Waals surface area contributed by atoms with E-state index in [2.05, 4.69) is 5.32 Å². The van der Waals surface area contributed by atoms with Gasteiger partial charge in [-0.2, -0.15) is 0 Å². The van der Waals surface area contributed by atoms with Gasteiger partial charge < -0.3 is 10.4 Å². The Morgan fingerprint density at radius 1 is 1.20 bits per heavy atom. The molecule has 0 bridgehead atoms. The smallest absolute Gasteiger partial charge is 0.335 e. The van der Waals surface area contributed by atoms with Crippen molar-refractivity contribution >= 4 is 23.0 Å². The van der Waals surface area contributed by atoms with E-state index in [1.165, 1.54) is 24.3 Å². The van der Waals surface area contributed by atoms with E-state index in [-0.39, 0.29) is 16.9 Å². The lowest BCUT2D eigenvalue weighted by molar-refractivity contribution is -0.384. The van der Waals surface area contributed by atoms with Crippen LogP contribution < -0.4 is 5.32 Å². The summed E-state index contributed by atoms with van der Waals surface area (Å²) in [5.74, 6) is -1.69. The number of carboxylic acid groups (broad SMARTS) is 1. The van der Waals surface area contributed by atoms with Crippen LogP contribution >= 0.6 is 0 Å². The predicted molar refractivity (Wildman–Crippen MR) is 69.7 cm³/mol. The number of anilines is 2. The summed E-state index contributed by atoms with van der Waals surface area (Å²) in [4.78, 5) is 20.9. The van der Waals surface area contributed by atoms with Gasteiger partial charge in [0.2, 0.25) is 0 Å². The Morgan fingerprint density at radius 2 is 1.85 bits per heavy atom. The van der Waals surface area contributed by atoms with Crippen molar-refractivity contribution in [2.45, 2.75) is 0 Å². The molecule has 0 atom stereocenters. The van der Waals surface area contributed by atoms with E-state index in [1.807, 2.05) is 0 Å². The lowest BCUT2D eigenvalue weighted by Gasteiger charge is -2.07. The van der Waals surface area contributed by atoms with Gasteiger partial charge in [-0.1, -0.05) is 0 Å². The molecule has 0 fully saturated rings. The summed E-state index contributed by atoms with van der Waals surface area (Å²) < 4.78 is 13.1. The summed E-state index contributed by atoms with van der Waals surface area (Å²) in [5.41, 5.74) is 0.236. The molecular weight excluding hydrogens is 267 g/mol. The van der Waals surface area contributed by atoms with Crippen LogP contribution in [0.2, 0.25) is 0 Å². The molecule has 0 aliphatic rings. The predicted octanol–water partition coefficient (Wildman–Crippen LogP) is 3.18. The first kappa shape index (κ1) is 13.5. The summed E-state index contributed by atoms with van der Waals surface area (Å²) in [6, 6.07) is 8.63. The highest BCUT2D eigenvalue weighted by Crippen LogP contribution is 2.28. The average Bonchev–Trinajstić information content (AvgIpc) is 2.39. The largest absolute Gasteiger partial charge is 0.478 e. The maximum absolute atomic E-state index is 13.1. The lowest BCUT2D eigenvalue weighted by atomic mass is 10.2. The molecule has 2 rings (SSSR count). The van der Waals surface area contributed by atoms with Crippen molar-refractivity contribution in [3.63, 3.8) is 0 Å². The van der Waals surface area contributed by atoms with E-state index in [4.69, 9.17) is 5.11 Å². The number of nitrogens with one attached hydrogen (secondary N) is 1. The zero-order valence-corrected chi connectivity index (χ0v) is 10.0. The number of benzene rings is 2. The van der Waals surface area contributed by atoms with Crippen LogP contribution in [0.5, 0.6) is 0 Å². The number of hydrogen-bond donors (Lipinski definition) is 2. The first-order valence-corrected chi connectivity index (χ1v) is 5.51. The minimum Gasteiger partial charge on any atom is -0.478 e. The molecule has 0 saturated carbocycles. The molecule has 0 aromatic heterocycles. The van der Waals surface area contributed by atoms with Gasteiger partial charge in [0.15, 0.2) is 0 Å². The summed E-state index contributed by atoms with van der Waals surface area (Å²) in [6.07, 6.45) is 0. The molecule has 2 aromatic carbocycles. The summed E-state index contributed by atoms with van der Waals surface area (Å²) in [5, 5.41) is 22.3. The van der Waals surface area contributed by atoms with Crippen molar-refractivity contribution in [1.29, 1.82) is 0 Å². The highest BCUT2D eigenvalue weighted by atomic mass is 19.1. The van der Waals surface area contributed by atoms with Crippen molar-refractivity contribution < 1.29 is 19.2 Å². The van der Waals surface area contributed by atoms with E-state index in [9.17, 15) is 19.3 Å². The Labute approximate surface area is 112 Å². The van der Waals surface area contributed by atoms with Crippen LogP contribution in [0.1, 0.15) is 10.4 Å². The van der Waals surface area contributed by atoms with Gasteiger partial charge in [0, 0.05) is 17.8 Å². The molecule has 2 aromatic rings. The molecule has 0 heterocycles. The van der Waals surface area contributed by atoms with Gasteiger partial charge in [0.1, 0.15) is 11.5 Å².